The Hall–Kier alpha value is -1.82. The van der Waals surface area contributed by atoms with E-state index in [2.05, 4.69) is 5.32 Å². The van der Waals surface area contributed by atoms with Gasteiger partial charge in [-0.1, -0.05) is 0 Å². The highest BCUT2D eigenvalue weighted by atomic mass is 32.2. The van der Waals surface area contributed by atoms with Crippen molar-refractivity contribution in [3.05, 3.63) is 18.2 Å². The summed E-state index contributed by atoms with van der Waals surface area (Å²) in [5.74, 6) is -0.293. The Bertz CT molecular complexity index is 501. The summed E-state index contributed by atoms with van der Waals surface area (Å²) in [5.41, 5.74) is 1.25. The Balaban J connectivity index is 2.32. The molecule has 1 heterocycles. The van der Waals surface area contributed by atoms with E-state index >= 15 is 0 Å². The van der Waals surface area contributed by atoms with Crippen molar-refractivity contribution in [1.82, 2.24) is 0 Å². The van der Waals surface area contributed by atoms with Crippen LogP contribution < -0.4 is 10.2 Å². The number of hydrogen-bond acceptors (Lipinski definition) is 4. The lowest BCUT2D eigenvalue weighted by Crippen LogP contribution is -2.27. The summed E-state index contributed by atoms with van der Waals surface area (Å²) in [6, 6.07) is 5.24. The van der Waals surface area contributed by atoms with Crippen LogP contribution in [0.15, 0.2) is 23.1 Å². The van der Waals surface area contributed by atoms with Crippen LogP contribution in [0.2, 0.25) is 0 Å². The first kappa shape index (κ1) is 11.7. The molecule has 5 nitrogen and oxygen atoms in total. The second-order valence-electron chi connectivity index (χ2n) is 3.53. The van der Waals surface area contributed by atoms with Gasteiger partial charge in [0.15, 0.2) is 0 Å². The van der Waals surface area contributed by atoms with Crippen molar-refractivity contribution >= 4 is 41.2 Å². The lowest BCUT2D eigenvalue weighted by atomic mass is 10.2. The first-order chi connectivity index (χ1) is 8.11. The van der Waals surface area contributed by atoms with Gasteiger partial charge in [0.2, 0.25) is 12.2 Å². The number of nitrogens with zero attached hydrogens (tertiary/aromatic N) is 1. The molecule has 6 heteroatoms. The molecular formula is C11H10N2O3S. The van der Waals surface area contributed by atoms with Crippen LogP contribution in [0.4, 0.5) is 11.4 Å². The molecule has 2 rings (SSSR count). The molecule has 1 aromatic rings. The van der Waals surface area contributed by atoms with Gasteiger partial charge in [-0.05, 0) is 18.2 Å². The highest BCUT2D eigenvalue weighted by molar-refractivity contribution is 8.00. The van der Waals surface area contributed by atoms with Crippen molar-refractivity contribution < 1.29 is 14.4 Å². The van der Waals surface area contributed by atoms with Crippen LogP contribution in [0.5, 0.6) is 0 Å². The first-order valence-corrected chi connectivity index (χ1v) is 5.90. The van der Waals surface area contributed by atoms with E-state index in [4.69, 9.17) is 0 Å². The number of hydrogen-bond donors (Lipinski definition) is 1. The summed E-state index contributed by atoms with van der Waals surface area (Å²) in [4.78, 5) is 35.0. The maximum absolute atomic E-state index is 11.2. The second-order valence-corrected chi connectivity index (χ2v) is 4.55. The van der Waals surface area contributed by atoms with Crippen molar-refractivity contribution in [2.75, 3.05) is 23.0 Å². The number of anilines is 2. The summed E-state index contributed by atoms with van der Waals surface area (Å²) < 4.78 is 0. The number of nitrogens with one attached hydrogen (secondary N) is 1. The Kier molecular flexibility index (Phi) is 3.14. The van der Waals surface area contributed by atoms with Gasteiger partial charge in [-0.15, -0.1) is 11.8 Å². The van der Waals surface area contributed by atoms with Crippen molar-refractivity contribution in [2.45, 2.75) is 4.90 Å². The van der Waals surface area contributed by atoms with E-state index in [1.807, 2.05) is 6.07 Å². The zero-order valence-electron chi connectivity index (χ0n) is 9.10. The minimum Gasteiger partial charge on any atom is -0.324 e. The zero-order valence-corrected chi connectivity index (χ0v) is 9.91. The zero-order chi connectivity index (χ0) is 12.4. The van der Waals surface area contributed by atoms with Gasteiger partial charge >= 0.3 is 0 Å². The van der Waals surface area contributed by atoms with Gasteiger partial charge < -0.3 is 10.2 Å². The first-order valence-electron chi connectivity index (χ1n) is 4.91. The van der Waals surface area contributed by atoms with Gasteiger partial charge in [0.1, 0.15) is 0 Å². The molecule has 0 bridgehead atoms. The van der Waals surface area contributed by atoms with Gasteiger partial charge in [0.25, 0.3) is 5.91 Å². The fraction of sp³-hybridized carbons (Fsp3) is 0.182. The molecule has 0 saturated heterocycles. The van der Waals surface area contributed by atoms with E-state index in [1.165, 1.54) is 23.7 Å². The molecule has 0 unspecified atom stereocenters. The molecular weight excluding hydrogens is 240 g/mol. The smallest absolute Gasteiger partial charge is 0.290 e. The highest BCUT2D eigenvalue weighted by Crippen LogP contribution is 2.34. The molecule has 0 fully saturated rings. The van der Waals surface area contributed by atoms with Gasteiger partial charge in [-0.2, -0.15) is 0 Å². The van der Waals surface area contributed by atoms with Crippen LogP contribution >= 0.6 is 11.8 Å². The molecule has 1 N–H and O–H groups in total. The van der Waals surface area contributed by atoms with Crippen LogP contribution in [0.3, 0.4) is 0 Å². The molecule has 1 aliphatic heterocycles. The maximum atomic E-state index is 11.2. The largest absolute Gasteiger partial charge is 0.324 e. The number of carbonyl (C=O) groups is 3. The molecule has 1 aliphatic rings. The van der Waals surface area contributed by atoms with Crippen LogP contribution in [0.1, 0.15) is 0 Å². The lowest BCUT2D eigenvalue weighted by Gasteiger charge is -2.20. The van der Waals surface area contributed by atoms with E-state index in [-0.39, 0.29) is 12.2 Å². The molecule has 0 atom stereocenters. The summed E-state index contributed by atoms with van der Waals surface area (Å²) in [5, 5.41) is 2.73. The predicted molar refractivity (Wildman–Crippen MR) is 65.3 cm³/mol. The normalized spacial score (nSPS) is 13.6. The molecule has 0 radical (unpaired) electrons. The molecule has 17 heavy (non-hydrogen) atoms. The van der Waals surface area contributed by atoms with Crippen LogP contribution in [-0.2, 0) is 14.4 Å². The third-order valence-electron chi connectivity index (χ3n) is 2.41. The number of amides is 2. The number of benzene rings is 1. The number of fused-ring (bicyclic) bond motifs is 1. The monoisotopic (exact) mass is 250 g/mol. The third kappa shape index (κ3) is 2.31. The van der Waals surface area contributed by atoms with E-state index < -0.39 is 5.91 Å². The number of thioether (sulfide) groups is 1. The standard InChI is InChI=1S/C11H10N2O3S/c1-13(11(16)5-14)7-2-3-9-8(4-7)12-10(15)6-17-9/h2-5H,6H2,1H3,(H,12,15). The molecule has 1 aromatic carbocycles. The van der Waals surface area contributed by atoms with Crippen LogP contribution in [-0.4, -0.2) is 30.9 Å². The van der Waals surface area contributed by atoms with Gasteiger partial charge in [-0.25, -0.2) is 0 Å². The fourth-order valence-electron chi connectivity index (χ4n) is 1.49. The Labute approximate surface area is 102 Å². The number of carbonyl (C=O) groups excluding carboxylic acids is 3. The topological polar surface area (TPSA) is 66.5 Å². The average Bonchev–Trinajstić information content (AvgIpc) is 2.36. The lowest BCUT2D eigenvalue weighted by molar-refractivity contribution is -0.129. The van der Waals surface area contributed by atoms with Gasteiger partial charge in [-0.3, -0.25) is 14.4 Å². The van der Waals surface area contributed by atoms with Crippen molar-refractivity contribution in [1.29, 1.82) is 0 Å². The van der Waals surface area contributed by atoms with Crippen molar-refractivity contribution in [3.63, 3.8) is 0 Å². The van der Waals surface area contributed by atoms with E-state index in [0.29, 0.717) is 17.1 Å². The van der Waals surface area contributed by atoms with E-state index in [1.54, 1.807) is 12.1 Å². The maximum Gasteiger partial charge on any atom is 0.290 e. The fourth-order valence-corrected chi connectivity index (χ4v) is 2.27. The quantitative estimate of drug-likeness (QED) is 0.625. The molecule has 0 aromatic heterocycles. The summed E-state index contributed by atoms with van der Waals surface area (Å²) in [6.45, 7) is 0. The number of aldehydes is 1. The predicted octanol–water partition coefficient (Wildman–Crippen LogP) is 0.892. The number of likely N-dealkylation sites (N-methyl/N-ethyl adjacent to an activating group) is 1. The van der Waals surface area contributed by atoms with Gasteiger partial charge in [0, 0.05) is 17.6 Å². The molecule has 88 valence electrons. The minimum absolute atomic E-state index is 0.0657. The van der Waals surface area contributed by atoms with Crippen LogP contribution in [0, 0.1) is 0 Å². The molecule has 2 amide bonds. The van der Waals surface area contributed by atoms with E-state index in [0.717, 1.165) is 4.90 Å². The Morgan fingerprint density at radius 2 is 2.29 bits per heavy atom. The average molecular weight is 250 g/mol. The van der Waals surface area contributed by atoms with Crippen LogP contribution in [0.25, 0.3) is 0 Å². The Morgan fingerprint density at radius 3 is 3.00 bits per heavy atom. The highest BCUT2D eigenvalue weighted by Gasteiger charge is 2.17. The number of rotatable bonds is 2. The molecule has 0 saturated carbocycles. The summed E-state index contributed by atoms with van der Waals surface area (Å²) in [6.07, 6.45) is 0.257. The minimum atomic E-state index is -0.625. The van der Waals surface area contributed by atoms with Gasteiger partial charge in [0.05, 0.1) is 11.4 Å². The SMILES string of the molecule is CN(C(=O)C=O)c1ccc2c(c1)NC(=O)CS2. The van der Waals surface area contributed by atoms with Crippen molar-refractivity contribution in [3.8, 4) is 0 Å². The second kappa shape index (κ2) is 4.58. The molecule has 0 spiro atoms. The molecule has 0 aliphatic carbocycles. The van der Waals surface area contributed by atoms with E-state index in [9.17, 15) is 14.4 Å². The Morgan fingerprint density at radius 1 is 1.53 bits per heavy atom. The third-order valence-corrected chi connectivity index (χ3v) is 3.49. The van der Waals surface area contributed by atoms with Crippen molar-refractivity contribution in [2.24, 2.45) is 0 Å². The summed E-state index contributed by atoms with van der Waals surface area (Å²) in [7, 11) is 1.51. The summed E-state index contributed by atoms with van der Waals surface area (Å²) >= 11 is 1.45.